The average Bonchev–Trinajstić information content (AvgIpc) is 2.61. The van der Waals surface area contributed by atoms with Crippen LogP contribution in [0.1, 0.15) is 30.8 Å². The summed E-state index contributed by atoms with van der Waals surface area (Å²) in [6.07, 6.45) is 1.25. The maximum Gasteiger partial charge on any atom is 0.0798 e. The van der Waals surface area contributed by atoms with Crippen molar-refractivity contribution in [2.24, 2.45) is 0 Å². The smallest absolute Gasteiger partial charge is 0.0798 e. The third-order valence-electron chi connectivity index (χ3n) is 2.36. The molecular formula is C11H20N2S2. The highest BCUT2D eigenvalue weighted by Gasteiger charge is 2.04. The molecule has 0 aliphatic heterocycles. The molecule has 0 aromatic carbocycles. The maximum atomic E-state index is 4.24. The number of aromatic nitrogens is 1. The molecule has 0 fully saturated rings. The number of hydrogen-bond donors (Lipinski definition) is 1. The summed E-state index contributed by atoms with van der Waals surface area (Å²) in [5.74, 6) is 2.48. The number of nitrogens with zero attached hydrogens (tertiary/aromatic N) is 1. The summed E-state index contributed by atoms with van der Waals surface area (Å²) in [4.78, 5) is 5.61. The minimum Gasteiger partial charge on any atom is -0.309 e. The van der Waals surface area contributed by atoms with E-state index in [1.54, 1.807) is 11.3 Å². The van der Waals surface area contributed by atoms with E-state index in [9.17, 15) is 0 Å². The number of hydrogen-bond acceptors (Lipinski definition) is 4. The monoisotopic (exact) mass is 244 g/mol. The Morgan fingerprint density at radius 1 is 1.60 bits per heavy atom. The molecule has 2 nitrogen and oxygen atoms in total. The predicted molar refractivity (Wildman–Crippen MR) is 70.8 cm³/mol. The van der Waals surface area contributed by atoms with Gasteiger partial charge in [0.1, 0.15) is 0 Å². The lowest BCUT2D eigenvalue weighted by Gasteiger charge is -2.12. The van der Waals surface area contributed by atoms with E-state index in [0.29, 0.717) is 6.04 Å². The molecule has 0 saturated carbocycles. The van der Waals surface area contributed by atoms with E-state index in [1.807, 2.05) is 17.3 Å². The highest BCUT2D eigenvalue weighted by molar-refractivity contribution is 7.99. The number of thioether (sulfide) groups is 1. The Morgan fingerprint density at radius 3 is 3.00 bits per heavy atom. The molecule has 86 valence electrons. The Morgan fingerprint density at radius 2 is 2.40 bits per heavy atom. The van der Waals surface area contributed by atoms with Gasteiger partial charge < -0.3 is 5.32 Å². The SMILES string of the molecule is CCSCCC(C)NCc1scnc1C. The van der Waals surface area contributed by atoms with Crippen LogP contribution in [0, 0.1) is 6.92 Å². The summed E-state index contributed by atoms with van der Waals surface area (Å²) in [5.41, 5.74) is 3.09. The third-order valence-corrected chi connectivity index (χ3v) is 4.22. The van der Waals surface area contributed by atoms with Crippen LogP contribution in [-0.4, -0.2) is 22.5 Å². The van der Waals surface area contributed by atoms with E-state index in [-0.39, 0.29) is 0 Å². The summed E-state index contributed by atoms with van der Waals surface area (Å²) in [6, 6.07) is 0.602. The zero-order chi connectivity index (χ0) is 11.1. The molecule has 1 N–H and O–H groups in total. The van der Waals surface area contributed by atoms with E-state index in [2.05, 4.69) is 31.1 Å². The Bertz CT molecular complexity index is 273. The summed E-state index contributed by atoms with van der Waals surface area (Å²) in [7, 11) is 0. The van der Waals surface area contributed by atoms with Crippen LogP contribution in [0.2, 0.25) is 0 Å². The maximum absolute atomic E-state index is 4.24. The molecule has 0 radical (unpaired) electrons. The van der Waals surface area contributed by atoms with Crippen LogP contribution in [0.5, 0.6) is 0 Å². The molecule has 4 heteroatoms. The molecular weight excluding hydrogens is 224 g/mol. The van der Waals surface area contributed by atoms with Crippen LogP contribution in [0.4, 0.5) is 0 Å². The van der Waals surface area contributed by atoms with Crippen molar-refractivity contribution in [3.8, 4) is 0 Å². The highest BCUT2D eigenvalue weighted by atomic mass is 32.2. The molecule has 1 aromatic heterocycles. The second-order valence-corrected chi connectivity index (χ2v) is 5.96. The topological polar surface area (TPSA) is 24.9 Å². The quantitative estimate of drug-likeness (QED) is 0.746. The van der Waals surface area contributed by atoms with Gasteiger partial charge in [0.25, 0.3) is 0 Å². The van der Waals surface area contributed by atoms with Crippen molar-refractivity contribution in [1.82, 2.24) is 10.3 Å². The van der Waals surface area contributed by atoms with Crippen LogP contribution < -0.4 is 5.32 Å². The fraction of sp³-hybridized carbons (Fsp3) is 0.727. The van der Waals surface area contributed by atoms with Crippen LogP contribution in [0.3, 0.4) is 0 Å². The van der Waals surface area contributed by atoms with Crippen molar-refractivity contribution in [3.63, 3.8) is 0 Å². The van der Waals surface area contributed by atoms with Gasteiger partial charge in [0.15, 0.2) is 0 Å². The molecule has 0 amide bonds. The first-order valence-electron chi connectivity index (χ1n) is 5.44. The Hall–Kier alpha value is -0.0600. The van der Waals surface area contributed by atoms with Gasteiger partial charge in [-0.15, -0.1) is 11.3 Å². The van der Waals surface area contributed by atoms with Gasteiger partial charge in [-0.1, -0.05) is 6.92 Å². The van der Waals surface area contributed by atoms with Crippen molar-refractivity contribution in [2.75, 3.05) is 11.5 Å². The standard InChI is InChI=1S/C11H20N2S2/c1-4-14-6-5-9(2)12-7-11-10(3)13-8-15-11/h8-9,12H,4-7H2,1-3H3. The lowest BCUT2D eigenvalue weighted by atomic mass is 10.2. The van der Waals surface area contributed by atoms with E-state index in [4.69, 9.17) is 0 Å². The zero-order valence-corrected chi connectivity index (χ0v) is 11.4. The molecule has 15 heavy (non-hydrogen) atoms. The molecule has 1 aromatic rings. The van der Waals surface area contributed by atoms with Crippen molar-refractivity contribution in [1.29, 1.82) is 0 Å². The van der Waals surface area contributed by atoms with Gasteiger partial charge in [0, 0.05) is 17.5 Å². The molecule has 0 aliphatic rings. The molecule has 0 bridgehead atoms. The molecule has 1 atom stereocenters. The molecule has 0 aliphatic carbocycles. The van der Waals surface area contributed by atoms with Crippen molar-refractivity contribution in [3.05, 3.63) is 16.1 Å². The average molecular weight is 244 g/mol. The molecule has 1 rings (SSSR count). The zero-order valence-electron chi connectivity index (χ0n) is 9.75. The first kappa shape index (κ1) is 13.0. The molecule has 1 unspecified atom stereocenters. The lowest BCUT2D eigenvalue weighted by molar-refractivity contribution is 0.539. The van der Waals surface area contributed by atoms with E-state index in [0.717, 1.165) is 6.54 Å². The van der Waals surface area contributed by atoms with Gasteiger partial charge in [0.05, 0.1) is 11.2 Å². The Labute approximate surface area is 101 Å². The minimum atomic E-state index is 0.602. The van der Waals surface area contributed by atoms with Crippen LogP contribution in [0.25, 0.3) is 0 Å². The fourth-order valence-electron chi connectivity index (χ4n) is 1.27. The number of nitrogens with one attached hydrogen (secondary N) is 1. The first-order valence-corrected chi connectivity index (χ1v) is 7.47. The van der Waals surface area contributed by atoms with E-state index >= 15 is 0 Å². The van der Waals surface area contributed by atoms with E-state index in [1.165, 1.54) is 28.5 Å². The Balaban J connectivity index is 2.16. The normalized spacial score (nSPS) is 13.0. The fourth-order valence-corrected chi connectivity index (χ4v) is 2.81. The van der Waals surface area contributed by atoms with Crippen LogP contribution in [0.15, 0.2) is 5.51 Å². The number of rotatable bonds is 7. The van der Waals surface area contributed by atoms with Crippen LogP contribution >= 0.6 is 23.1 Å². The van der Waals surface area contributed by atoms with Crippen molar-refractivity contribution in [2.45, 2.75) is 39.8 Å². The molecule has 0 saturated heterocycles. The van der Waals surface area contributed by atoms with Gasteiger partial charge in [-0.05, 0) is 31.8 Å². The second-order valence-electron chi connectivity index (χ2n) is 3.63. The van der Waals surface area contributed by atoms with Gasteiger partial charge in [-0.2, -0.15) is 11.8 Å². The third kappa shape index (κ3) is 5.00. The number of aryl methyl sites for hydroxylation is 1. The van der Waals surface area contributed by atoms with Gasteiger partial charge in [-0.25, -0.2) is 4.98 Å². The predicted octanol–water partition coefficient (Wildman–Crippen LogP) is 3.07. The summed E-state index contributed by atoms with van der Waals surface area (Å²) in [6.45, 7) is 7.51. The first-order chi connectivity index (χ1) is 7.24. The van der Waals surface area contributed by atoms with Crippen LogP contribution in [-0.2, 0) is 6.54 Å². The summed E-state index contributed by atoms with van der Waals surface area (Å²) < 4.78 is 0. The highest BCUT2D eigenvalue weighted by Crippen LogP contribution is 2.12. The molecule has 0 spiro atoms. The largest absolute Gasteiger partial charge is 0.309 e. The van der Waals surface area contributed by atoms with Crippen molar-refractivity contribution >= 4 is 23.1 Å². The summed E-state index contributed by atoms with van der Waals surface area (Å²) >= 11 is 3.75. The van der Waals surface area contributed by atoms with Gasteiger partial charge in [0.2, 0.25) is 0 Å². The van der Waals surface area contributed by atoms with Crippen molar-refractivity contribution < 1.29 is 0 Å². The minimum absolute atomic E-state index is 0.602. The number of thiazole rings is 1. The Kier molecular flexibility index (Phi) is 6.29. The summed E-state index contributed by atoms with van der Waals surface area (Å²) in [5, 5.41) is 3.54. The van der Waals surface area contributed by atoms with Gasteiger partial charge in [-0.3, -0.25) is 0 Å². The molecule has 1 heterocycles. The lowest BCUT2D eigenvalue weighted by Crippen LogP contribution is -2.25. The van der Waals surface area contributed by atoms with Gasteiger partial charge >= 0.3 is 0 Å². The second kappa shape index (κ2) is 7.25. The van der Waals surface area contributed by atoms with E-state index < -0.39 is 0 Å².